The lowest BCUT2D eigenvalue weighted by Crippen LogP contribution is -2.18. The molecule has 0 amide bonds. The van der Waals surface area contributed by atoms with Crippen LogP contribution >= 0.6 is 7.60 Å². The highest BCUT2D eigenvalue weighted by molar-refractivity contribution is 7.62. The fourth-order valence-electron chi connectivity index (χ4n) is 4.97. The number of hydrogen-bond donors (Lipinski definition) is 2. The number of aromatic nitrogens is 1. The molecular weight excluding hydrogens is 497 g/mol. The molecule has 38 heavy (non-hydrogen) atoms. The average Bonchev–Trinajstić information content (AvgIpc) is 3.55. The van der Waals surface area contributed by atoms with Gasteiger partial charge in [0.1, 0.15) is 0 Å². The second kappa shape index (κ2) is 11.7. The summed E-state index contributed by atoms with van der Waals surface area (Å²) in [6.45, 7) is 7.33. The van der Waals surface area contributed by atoms with Gasteiger partial charge in [0, 0.05) is 23.0 Å². The van der Waals surface area contributed by atoms with Gasteiger partial charge in [-0.15, -0.1) is 0 Å². The molecule has 4 aromatic rings. The Labute approximate surface area is 223 Å². The van der Waals surface area contributed by atoms with E-state index in [1.807, 2.05) is 42.5 Å². The first-order valence-electron chi connectivity index (χ1n) is 13.2. The topological polar surface area (TPSA) is 87.1 Å². The normalized spacial score (nSPS) is 14.9. The molecule has 3 aromatic carbocycles. The third-order valence-electron chi connectivity index (χ3n) is 6.74. The largest absolute Gasteiger partial charge is 0.494 e. The van der Waals surface area contributed by atoms with E-state index < -0.39 is 7.60 Å². The molecule has 5 rings (SSSR count). The third kappa shape index (κ3) is 5.62. The number of likely N-dealkylation sites (tertiary alicyclic amines) is 1. The Kier molecular flexibility index (Phi) is 8.10. The van der Waals surface area contributed by atoms with Crippen molar-refractivity contribution in [3.8, 4) is 5.88 Å². The van der Waals surface area contributed by atoms with Crippen molar-refractivity contribution in [3.63, 3.8) is 0 Å². The molecule has 1 saturated heterocycles. The number of H-pyrrole nitrogens is 1. The van der Waals surface area contributed by atoms with Crippen molar-refractivity contribution in [3.05, 3.63) is 89.5 Å². The van der Waals surface area contributed by atoms with Crippen molar-refractivity contribution in [2.24, 2.45) is 4.99 Å². The first-order valence-corrected chi connectivity index (χ1v) is 14.7. The molecule has 1 aromatic heterocycles. The van der Waals surface area contributed by atoms with Crippen molar-refractivity contribution in [2.75, 3.05) is 26.3 Å². The van der Waals surface area contributed by atoms with E-state index in [9.17, 15) is 9.67 Å². The Bertz CT molecular complexity index is 1450. The molecule has 2 N–H and O–H groups in total. The van der Waals surface area contributed by atoms with Gasteiger partial charge in [-0.05, 0) is 75.7 Å². The molecule has 1 aliphatic heterocycles. The molecule has 0 unspecified atom stereocenters. The summed E-state index contributed by atoms with van der Waals surface area (Å²) in [6.07, 6.45) is 2.53. The molecule has 0 radical (unpaired) electrons. The summed E-state index contributed by atoms with van der Waals surface area (Å²) in [4.78, 5) is 10.5. The molecule has 0 saturated carbocycles. The van der Waals surface area contributed by atoms with Gasteiger partial charge in [-0.2, -0.15) is 0 Å². The first kappa shape index (κ1) is 26.4. The van der Waals surface area contributed by atoms with Crippen molar-refractivity contribution in [1.82, 2.24) is 9.88 Å². The number of hydrogen-bond acceptors (Lipinski definition) is 6. The van der Waals surface area contributed by atoms with E-state index in [4.69, 9.17) is 14.0 Å². The van der Waals surface area contributed by atoms with Crippen LogP contribution in [-0.2, 0) is 20.2 Å². The number of aromatic hydroxyl groups is 1. The Morgan fingerprint density at radius 1 is 0.974 bits per heavy atom. The molecule has 0 aliphatic carbocycles. The quantitative estimate of drug-likeness (QED) is 0.179. The molecule has 1 aliphatic rings. The van der Waals surface area contributed by atoms with Gasteiger partial charge >= 0.3 is 7.60 Å². The maximum atomic E-state index is 13.5. The van der Waals surface area contributed by atoms with Gasteiger partial charge in [-0.3, -0.25) is 9.46 Å². The number of nitrogens with one attached hydrogen (secondary N) is 1. The summed E-state index contributed by atoms with van der Waals surface area (Å²) in [5.74, 6) is -0.00643. The van der Waals surface area contributed by atoms with Crippen LogP contribution in [0.4, 0.5) is 5.69 Å². The van der Waals surface area contributed by atoms with Gasteiger partial charge in [-0.1, -0.05) is 42.5 Å². The highest BCUT2D eigenvalue weighted by Gasteiger charge is 2.28. The number of aliphatic imine (C=N–C) groups is 1. The number of fused-ring (bicyclic) bond motifs is 1. The van der Waals surface area contributed by atoms with Crippen LogP contribution in [0.5, 0.6) is 5.88 Å². The monoisotopic (exact) mass is 531 g/mol. The van der Waals surface area contributed by atoms with E-state index in [0.29, 0.717) is 27.5 Å². The molecule has 1 fully saturated rings. The van der Waals surface area contributed by atoms with Crippen LogP contribution in [0.25, 0.3) is 10.9 Å². The molecule has 2 heterocycles. The molecule has 0 bridgehead atoms. The van der Waals surface area contributed by atoms with Crippen molar-refractivity contribution in [1.29, 1.82) is 0 Å². The maximum Gasteiger partial charge on any atom is 0.361 e. The van der Waals surface area contributed by atoms with Crippen LogP contribution in [0.15, 0.2) is 77.8 Å². The Morgan fingerprint density at radius 2 is 1.66 bits per heavy atom. The van der Waals surface area contributed by atoms with Crippen molar-refractivity contribution < 1.29 is 18.7 Å². The van der Waals surface area contributed by atoms with Crippen molar-refractivity contribution >= 4 is 35.2 Å². The molecular formula is C30H34N3O4P. The summed E-state index contributed by atoms with van der Waals surface area (Å²) in [5.41, 5.74) is 4.75. The number of rotatable bonds is 10. The van der Waals surface area contributed by atoms with Crippen LogP contribution < -0.4 is 5.30 Å². The lowest BCUT2D eigenvalue weighted by molar-refractivity contribution is 0.230. The van der Waals surface area contributed by atoms with Crippen LogP contribution in [-0.4, -0.2) is 47.0 Å². The minimum Gasteiger partial charge on any atom is -0.494 e. The molecule has 0 atom stereocenters. The van der Waals surface area contributed by atoms with Gasteiger partial charge in [0.05, 0.1) is 35.5 Å². The van der Waals surface area contributed by atoms with Crippen LogP contribution in [0, 0.1) is 0 Å². The highest BCUT2D eigenvalue weighted by atomic mass is 31.2. The smallest absolute Gasteiger partial charge is 0.361 e. The number of nitrogens with zero attached hydrogens (tertiary/aromatic N) is 2. The van der Waals surface area contributed by atoms with E-state index in [-0.39, 0.29) is 19.1 Å². The highest BCUT2D eigenvalue weighted by Crippen LogP contribution is 2.47. The first-order chi connectivity index (χ1) is 18.5. The summed E-state index contributed by atoms with van der Waals surface area (Å²) >= 11 is 0. The van der Waals surface area contributed by atoms with Gasteiger partial charge < -0.3 is 19.1 Å². The van der Waals surface area contributed by atoms with Crippen LogP contribution in [0.1, 0.15) is 43.4 Å². The fraction of sp³-hybridized carbons (Fsp3) is 0.300. The summed E-state index contributed by atoms with van der Waals surface area (Å²) < 4.78 is 24.7. The maximum absolute atomic E-state index is 13.5. The molecule has 7 nitrogen and oxygen atoms in total. The summed E-state index contributed by atoms with van der Waals surface area (Å²) in [5, 5.41) is 12.2. The van der Waals surface area contributed by atoms with E-state index in [1.54, 1.807) is 32.0 Å². The Balaban J connectivity index is 1.59. The van der Waals surface area contributed by atoms with E-state index in [2.05, 4.69) is 22.0 Å². The predicted molar refractivity (Wildman–Crippen MR) is 153 cm³/mol. The van der Waals surface area contributed by atoms with E-state index >= 15 is 0 Å². The minimum atomic E-state index is -3.51. The van der Waals surface area contributed by atoms with Gasteiger partial charge in [0.15, 0.2) is 5.88 Å². The molecule has 198 valence electrons. The predicted octanol–water partition coefficient (Wildman–Crippen LogP) is 6.53. The minimum absolute atomic E-state index is 0.00643. The SMILES string of the molecule is CCOP(=O)(OCC)c1ccc2[nH]c(O)c(C(=Nc3ccc(CN4CCCC4)cc3)c3ccccc3)c2c1. The zero-order chi connectivity index (χ0) is 26.5. The average molecular weight is 532 g/mol. The number of benzene rings is 3. The third-order valence-corrected chi connectivity index (χ3v) is 8.85. The molecule has 8 heteroatoms. The summed E-state index contributed by atoms with van der Waals surface area (Å²) in [6, 6.07) is 23.3. The second-order valence-corrected chi connectivity index (χ2v) is 11.4. The summed E-state index contributed by atoms with van der Waals surface area (Å²) in [7, 11) is -3.51. The second-order valence-electron chi connectivity index (χ2n) is 9.39. The molecule has 0 spiro atoms. The van der Waals surface area contributed by atoms with Gasteiger partial charge in [0.25, 0.3) is 0 Å². The van der Waals surface area contributed by atoms with Gasteiger partial charge in [-0.25, -0.2) is 4.99 Å². The van der Waals surface area contributed by atoms with E-state index in [0.717, 1.165) is 30.9 Å². The van der Waals surface area contributed by atoms with Gasteiger partial charge in [0.2, 0.25) is 0 Å². The zero-order valence-electron chi connectivity index (χ0n) is 21.9. The van der Waals surface area contributed by atoms with Crippen molar-refractivity contribution in [2.45, 2.75) is 33.2 Å². The van der Waals surface area contributed by atoms with E-state index in [1.165, 1.54) is 18.4 Å². The Morgan fingerprint density at radius 3 is 2.32 bits per heavy atom. The number of aromatic amines is 1. The Hall–Kier alpha value is -3.22. The van der Waals surface area contributed by atoms with Crippen LogP contribution in [0.2, 0.25) is 0 Å². The van der Waals surface area contributed by atoms with Crippen LogP contribution in [0.3, 0.4) is 0 Å². The standard InChI is InChI=1S/C30H34N3O4P/c1-3-36-38(35,37-4-2)25-16-17-27-26(20-25)28(30(34)32-27)29(23-10-6-5-7-11-23)31-24-14-12-22(13-15-24)21-33-18-8-9-19-33/h5-7,10-17,20,32,34H,3-4,8-9,18-19,21H2,1-2H3. The zero-order valence-corrected chi connectivity index (χ0v) is 22.8. The lowest BCUT2D eigenvalue weighted by Gasteiger charge is -2.17. The fourth-order valence-corrected chi connectivity index (χ4v) is 6.56. The lowest BCUT2D eigenvalue weighted by atomic mass is 10.0.